The number of amides is 1. The van der Waals surface area contributed by atoms with Gasteiger partial charge in [-0.3, -0.25) is 4.84 Å². The number of oxime groups is 1. The molecule has 1 amide bonds. The van der Waals surface area contributed by atoms with E-state index in [-0.39, 0.29) is 5.25 Å². The molecule has 98 valence electrons. The van der Waals surface area contributed by atoms with Gasteiger partial charge in [-0.25, -0.2) is 4.79 Å². The molecule has 0 aliphatic carbocycles. The lowest BCUT2D eigenvalue weighted by atomic mass is 10.4. The van der Waals surface area contributed by atoms with E-state index in [4.69, 9.17) is 23.2 Å². The summed E-state index contributed by atoms with van der Waals surface area (Å²) in [5, 5.41) is 7.03. The van der Waals surface area contributed by atoms with Crippen LogP contribution in [0.4, 0.5) is 4.79 Å². The summed E-state index contributed by atoms with van der Waals surface area (Å²) < 4.78 is 0. The largest absolute Gasteiger partial charge is 0.433 e. The molecule has 1 aromatic rings. The Morgan fingerprint density at radius 2 is 2.28 bits per heavy atom. The van der Waals surface area contributed by atoms with E-state index in [0.29, 0.717) is 10.0 Å². The van der Waals surface area contributed by atoms with Crippen molar-refractivity contribution in [2.75, 3.05) is 7.05 Å². The van der Waals surface area contributed by atoms with Crippen molar-refractivity contribution in [3.05, 3.63) is 28.2 Å². The SMILES string of the molecule is CNC(=O)O/N=C/C(C)Sc1ccc(Cl)cc1Cl. The van der Waals surface area contributed by atoms with Crippen LogP contribution in [0, 0.1) is 0 Å². The number of rotatable bonds is 4. The third-order valence-corrected chi connectivity index (χ3v) is 3.58. The summed E-state index contributed by atoms with van der Waals surface area (Å²) in [7, 11) is 1.46. The first-order chi connectivity index (χ1) is 8.52. The summed E-state index contributed by atoms with van der Waals surface area (Å²) >= 11 is 13.3. The minimum atomic E-state index is -0.604. The van der Waals surface area contributed by atoms with E-state index in [2.05, 4.69) is 15.3 Å². The lowest BCUT2D eigenvalue weighted by Crippen LogP contribution is -2.17. The highest BCUT2D eigenvalue weighted by Crippen LogP contribution is 2.31. The number of thioether (sulfide) groups is 1. The molecule has 0 aromatic heterocycles. The van der Waals surface area contributed by atoms with Gasteiger partial charge in [0.1, 0.15) is 0 Å². The van der Waals surface area contributed by atoms with Crippen LogP contribution >= 0.6 is 35.0 Å². The number of carbonyl (C=O) groups is 1. The quantitative estimate of drug-likeness (QED) is 0.398. The van der Waals surface area contributed by atoms with Crippen molar-refractivity contribution in [1.29, 1.82) is 0 Å². The normalized spacial score (nSPS) is 12.4. The Balaban J connectivity index is 2.54. The topological polar surface area (TPSA) is 50.7 Å². The van der Waals surface area contributed by atoms with Crippen molar-refractivity contribution in [3.8, 4) is 0 Å². The molecule has 0 heterocycles. The zero-order valence-corrected chi connectivity index (χ0v) is 12.1. The maximum absolute atomic E-state index is 10.8. The maximum Gasteiger partial charge on any atom is 0.433 e. The molecule has 1 rings (SSSR count). The summed E-state index contributed by atoms with van der Waals surface area (Å²) in [6.07, 6.45) is 0.915. The van der Waals surface area contributed by atoms with E-state index in [9.17, 15) is 4.79 Å². The van der Waals surface area contributed by atoms with E-state index in [1.807, 2.05) is 13.0 Å². The zero-order valence-electron chi connectivity index (χ0n) is 9.81. The van der Waals surface area contributed by atoms with Crippen LogP contribution in [0.2, 0.25) is 10.0 Å². The first kappa shape index (κ1) is 15.1. The second kappa shape index (κ2) is 7.51. The number of hydrogen-bond donors (Lipinski definition) is 1. The highest BCUT2D eigenvalue weighted by Gasteiger charge is 2.06. The van der Waals surface area contributed by atoms with Gasteiger partial charge in [0.25, 0.3) is 0 Å². The number of benzene rings is 1. The Hall–Kier alpha value is -0.910. The van der Waals surface area contributed by atoms with Crippen LogP contribution in [0.1, 0.15) is 6.92 Å². The summed E-state index contributed by atoms with van der Waals surface area (Å²) in [6.45, 7) is 1.91. The molecule has 18 heavy (non-hydrogen) atoms. The third-order valence-electron chi connectivity index (χ3n) is 1.82. The summed E-state index contributed by atoms with van der Waals surface area (Å²) in [5.41, 5.74) is 0. The fourth-order valence-electron chi connectivity index (χ4n) is 1.01. The molecular weight excluding hydrogens is 295 g/mol. The van der Waals surface area contributed by atoms with Crippen LogP contribution in [0.25, 0.3) is 0 Å². The van der Waals surface area contributed by atoms with E-state index in [1.165, 1.54) is 25.0 Å². The number of nitrogens with one attached hydrogen (secondary N) is 1. The van der Waals surface area contributed by atoms with Gasteiger partial charge in [0.05, 0.1) is 11.2 Å². The average Bonchev–Trinajstić information content (AvgIpc) is 2.32. The van der Waals surface area contributed by atoms with Gasteiger partial charge in [-0.2, -0.15) is 0 Å². The minimum Gasteiger partial charge on any atom is -0.323 e. The highest BCUT2D eigenvalue weighted by atomic mass is 35.5. The molecule has 0 saturated heterocycles. The van der Waals surface area contributed by atoms with Crippen LogP contribution in [0.3, 0.4) is 0 Å². The van der Waals surface area contributed by atoms with Gasteiger partial charge in [0, 0.05) is 22.2 Å². The van der Waals surface area contributed by atoms with Crippen LogP contribution in [-0.4, -0.2) is 24.6 Å². The van der Waals surface area contributed by atoms with Gasteiger partial charge < -0.3 is 5.32 Å². The van der Waals surface area contributed by atoms with Crippen LogP contribution < -0.4 is 5.32 Å². The van der Waals surface area contributed by atoms with Crippen molar-refractivity contribution in [1.82, 2.24) is 5.32 Å². The Morgan fingerprint density at radius 3 is 2.89 bits per heavy atom. The monoisotopic (exact) mass is 306 g/mol. The van der Waals surface area contributed by atoms with E-state index >= 15 is 0 Å². The van der Waals surface area contributed by atoms with Gasteiger partial charge in [-0.15, -0.1) is 11.8 Å². The van der Waals surface area contributed by atoms with Gasteiger partial charge in [-0.1, -0.05) is 28.4 Å². The number of nitrogens with zero attached hydrogens (tertiary/aromatic N) is 1. The fraction of sp³-hybridized carbons (Fsp3) is 0.273. The summed E-state index contributed by atoms with van der Waals surface area (Å²) in [4.78, 5) is 16.1. The highest BCUT2D eigenvalue weighted by molar-refractivity contribution is 8.00. The molecule has 0 radical (unpaired) electrons. The predicted molar refractivity (Wildman–Crippen MR) is 75.8 cm³/mol. The molecule has 1 atom stereocenters. The Morgan fingerprint density at radius 1 is 1.56 bits per heavy atom. The first-order valence-corrected chi connectivity index (χ1v) is 6.70. The lowest BCUT2D eigenvalue weighted by Gasteiger charge is -2.07. The predicted octanol–water partition coefficient (Wildman–Crippen LogP) is 3.82. The van der Waals surface area contributed by atoms with Gasteiger partial charge in [0.2, 0.25) is 0 Å². The van der Waals surface area contributed by atoms with E-state index in [1.54, 1.807) is 12.1 Å². The molecule has 0 bridgehead atoms. The van der Waals surface area contributed by atoms with Gasteiger partial charge in [-0.05, 0) is 25.1 Å². The summed E-state index contributed by atoms with van der Waals surface area (Å²) in [5.74, 6) is 0. The van der Waals surface area contributed by atoms with Crippen LogP contribution in [-0.2, 0) is 4.84 Å². The molecule has 0 aliphatic heterocycles. The molecular formula is C11H12Cl2N2O2S. The number of carbonyl (C=O) groups excluding carboxylic acids is 1. The Bertz CT molecular complexity index is 455. The number of hydrogen-bond acceptors (Lipinski definition) is 4. The van der Waals surface area contributed by atoms with Crippen molar-refractivity contribution in [2.45, 2.75) is 17.1 Å². The second-order valence-corrected chi connectivity index (χ2v) is 5.54. The molecule has 0 aliphatic rings. The van der Waals surface area contributed by atoms with Crippen molar-refractivity contribution in [3.63, 3.8) is 0 Å². The molecule has 1 N–H and O–H groups in total. The van der Waals surface area contributed by atoms with Crippen molar-refractivity contribution >= 4 is 47.3 Å². The summed E-state index contributed by atoms with van der Waals surface area (Å²) in [6, 6.07) is 5.27. The molecule has 4 nitrogen and oxygen atoms in total. The smallest absolute Gasteiger partial charge is 0.323 e. The standard InChI is InChI=1S/C11H12Cl2N2O2S/c1-7(6-15-17-11(16)14-2)18-10-4-3-8(12)5-9(10)13/h3-7H,1-2H3,(H,14,16)/b15-6+. The van der Waals surface area contributed by atoms with Gasteiger partial charge in [0.15, 0.2) is 0 Å². The van der Waals surface area contributed by atoms with Gasteiger partial charge >= 0.3 is 6.09 Å². The fourth-order valence-corrected chi connectivity index (χ4v) is 2.38. The van der Waals surface area contributed by atoms with E-state index in [0.717, 1.165) is 4.90 Å². The van der Waals surface area contributed by atoms with Crippen LogP contribution in [0.5, 0.6) is 0 Å². The molecule has 7 heteroatoms. The molecule has 0 fully saturated rings. The Labute approximate surface area is 120 Å². The number of halogens is 2. The molecule has 0 spiro atoms. The molecule has 1 unspecified atom stereocenters. The third kappa shape index (κ3) is 5.16. The zero-order chi connectivity index (χ0) is 13.5. The first-order valence-electron chi connectivity index (χ1n) is 5.07. The lowest BCUT2D eigenvalue weighted by molar-refractivity contribution is 0.153. The molecule has 1 aromatic carbocycles. The van der Waals surface area contributed by atoms with Crippen molar-refractivity contribution in [2.24, 2.45) is 5.16 Å². The van der Waals surface area contributed by atoms with Crippen LogP contribution in [0.15, 0.2) is 28.3 Å². The average molecular weight is 307 g/mol. The minimum absolute atomic E-state index is 0.00771. The molecule has 0 saturated carbocycles. The second-order valence-electron chi connectivity index (χ2n) is 3.28. The van der Waals surface area contributed by atoms with E-state index < -0.39 is 6.09 Å². The maximum atomic E-state index is 10.8. The van der Waals surface area contributed by atoms with Crippen molar-refractivity contribution < 1.29 is 9.63 Å². The Kier molecular flexibility index (Phi) is 6.32.